The van der Waals surface area contributed by atoms with Gasteiger partial charge in [0, 0.05) is 44.4 Å². The molecule has 1 heterocycles. The first-order valence-electron chi connectivity index (χ1n) is 7.06. The molecule has 0 aliphatic heterocycles. The average molecular weight is 314 g/mol. The van der Waals surface area contributed by atoms with E-state index < -0.39 is 17.1 Å². The molecule has 0 spiro atoms. The van der Waals surface area contributed by atoms with Crippen LogP contribution in [0.3, 0.4) is 0 Å². The van der Waals surface area contributed by atoms with Gasteiger partial charge in [0.2, 0.25) is 5.43 Å². The van der Waals surface area contributed by atoms with Crippen LogP contribution in [0.5, 0.6) is 5.75 Å². The smallest absolute Gasteiger partial charge is 0.303 e. The molecule has 0 saturated carbocycles. The minimum Gasteiger partial charge on any atom is -0.503 e. The van der Waals surface area contributed by atoms with E-state index in [0.717, 1.165) is 0 Å². The van der Waals surface area contributed by atoms with Crippen LogP contribution in [0.1, 0.15) is 18.5 Å². The lowest BCUT2D eigenvalue weighted by atomic mass is 10.2. The molecule has 0 amide bonds. The maximum Gasteiger partial charge on any atom is 0.303 e. The second-order valence-electron chi connectivity index (χ2n) is 4.93. The molecule has 0 bridgehead atoms. The Hall–Kier alpha value is -1.90. The van der Waals surface area contributed by atoms with Crippen molar-refractivity contribution in [3.8, 4) is 5.75 Å². The predicted octanol–water partition coefficient (Wildman–Crippen LogP) is -0.795. The van der Waals surface area contributed by atoms with Crippen molar-refractivity contribution in [1.82, 2.24) is 9.47 Å². The lowest BCUT2D eigenvalue weighted by Crippen LogP contribution is -2.31. The number of aromatic nitrogens is 1. The molecule has 124 valence electrons. The Morgan fingerprint density at radius 1 is 1.23 bits per heavy atom. The Morgan fingerprint density at radius 2 is 1.86 bits per heavy atom. The van der Waals surface area contributed by atoms with Gasteiger partial charge in [-0.05, 0) is 6.42 Å². The molecule has 1 aromatic rings. The summed E-state index contributed by atoms with van der Waals surface area (Å²) in [5.74, 6) is -1.30. The van der Waals surface area contributed by atoms with Crippen molar-refractivity contribution < 1.29 is 25.2 Å². The van der Waals surface area contributed by atoms with E-state index >= 15 is 0 Å². The van der Waals surface area contributed by atoms with Crippen LogP contribution in [0.2, 0.25) is 0 Å². The third-order valence-corrected chi connectivity index (χ3v) is 3.20. The number of hydrogen-bond acceptors (Lipinski definition) is 6. The van der Waals surface area contributed by atoms with Gasteiger partial charge in [0.15, 0.2) is 5.75 Å². The monoisotopic (exact) mass is 314 g/mol. The van der Waals surface area contributed by atoms with Gasteiger partial charge in [0.05, 0.1) is 19.4 Å². The van der Waals surface area contributed by atoms with Gasteiger partial charge < -0.3 is 25.0 Å². The largest absolute Gasteiger partial charge is 0.503 e. The fraction of sp³-hybridized carbons (Fsp3) is 0.571. The van der Waals surface area contributed by atoms with Crippen LogP contribution in [0, 0.1) is 0 Å². The van der Waals surface area contributed by atoms with Gasteiger partial charge in [-0.2, -0.15) is 0 Å². The summed E-state index contributed by atoms with van der Waals surface area (Å²) in [5.41, 5.74) is 0.0764. The summed E-state index contributed by atoms with van der Waals surface area (Å²) in [6, 6.07) is 1.29. The zero-order valence-corrected chi connectivity index (χ0v) is 12.3. The summed E-state index contributed by atoms with van der Waals surface area (Å²) in [5, 5.41) is 36.2. The molecule has 4 N–H and O–H groups in total. The second-order valence-corrected chi connectivity index (χ2v) is 4.93. The van der Waals surface area contributed by atoms with Crippen LogP contribution < -0.4 is 5.43 Å². The van der Waals surface area contributed by atoms with E-state index in [9.17, 15) is 14.7 Å². The number of carbonyl (C=O) groups is 1. The lowest BCUT2D eigenvalue weighted by molar-refractivity contribution is -0.137. The number of rotatable bonds is 10. The number of aryl methyl sites for hydroxylation is 1. The molecule has 0 saturated heterocycles. The fourth-order valence-electron chi connectivity index (χ4n) is 2.13. The average Bonchev–Trinajstić information content (AvgIpc) is 2.44. The Kier molecular flexibility index (Phi) is 7.58. The molecule has 8 heteroatoms. The number of pyridine rings is 1. The molecule has 0 radical (unpaired) electrons. The summed E-state index contributed by atoms with van der Waals surface area (Å²) < 4.78 is 1.63. The first kappa shape index (κ1) is 18.1. The predicted molar refractivity (Wildman–Crippen MR) is 78.7 cm³/mol. The minimum absolute atomic E-state index is 0.0106. The number of nitrogens with zero attached hydrogens (tertiary/aromatic N) is 2. The highest BCUT2D eigenvalue weighted by Crippen LogP contribution is 2.10. The SMILES string of the molecule is O=C(O)CCCn1cc(O)c(=O)cc1CN(CCO)CCO. The number of aromatic hydroxyl groups is 1. The van der Waals surface area contributed by atoms with Crippen LogP contribution >= 0.6 is 0 Å². The van der Waals surface area contributed by atoms with Gasteiger partial charge in [-0.15, -0.1) is 0 Å². The van der Waals surface area contributed by atoms with E-state index in [-0.39, 0.29) is 19.6 Å². The number of carboxylic acids is 1. The zero-order valence-electron chi connectivity index (χ0n) is 12.3. The fourth-order valence-corrected chi connectivity index (χ4v) is 2.13. The molecular weight excluding hydrogens is 292 g/mol. The summed E-state index contributed by atoms with van der Waals surface area (Å²) in [6.07, 6.45) is 1.64. The van der Waals surface area contributed by atoms with Crippen LogP contribution in [0.4, 0.5) is 0 Å². The number of aliphatic carboxylic acids is 1. The molecule has 0 aliphatic rings. The lowest BCUT2D eigenvalue weighted by Gasteiger charge is -2.22. The van der Waals surface area contributed by atoms with E-state index in [4.69, 9.17) is 15.3 Å². The highest BCUT2D eigenvalue weighted by atomic mass is 16.4. The topological polar surface area (TPSA) is 123 Å². The van der Waals surface area contributed by atoms with Gasteiger partial charge in [-0.3, -0.25) is 14.5 Å². The molecule has 0 atom stereocenters. The van der Waals surface area contributed by atoms with Crippen LogP contribution in [-0.2, 0) is 17.9 Å². The molecule has 0 aromatic carbocycles. The first-order valence-corrected chi connectivity index (χ1v) is 7.06. The quantitative estimate of drug-likeness (QED) is 0.446. The molecule has 0 fully saturated rings. The molecular formula is C14H22N2O6. The van der Waals surface area contributed by atoms with Gasteiger partial charge >= 0.3 is 5.97 Å². The maximum atomic E-state index is 11.6. The van der Waals surface area contributed by atoms with Crippen molar-refractivity contribution in [2.45, 2.75) is 25.9 Å². The second kappa shape index (κ2) is 9.19. The van der Waals surface area contributed by atoms with Crippen molar-refractivity contribution in [3.63, 3.8) is 0 Å². The summed E-state index contributed by atoms with van der Waals surface area (Å²) >= 11 is 0. The molecule has 8 nitrogen and oxygen atoms in total. The van der Waals surface area contributed by atoms with Crippen molar-refractivity contribution in [2.24, 2.45) is 0 Å². The zero-order chi connectivity index (χ0) is 16.5. The van der Waals surface area contributed by atoms with E-state index in [1.807, 2.05) is 0 Å². The highest BCUT2D eigenvalue weighted by molar-refractivity contribution is 5.66. The maximum absolute atomic E-state index is 11.6. The van der Waals surface area contributed by atoms with Crippen LogP contribution in [0.25, 0.3) is 0 Å². The Bertz CT molecular complexity index is 537. The Balaban J connectivity index is 2.91. The third-order valence-electron chi connectivity index (χ3n) is 3.20. The van der Waals surface area contributed by atoms with Crippen molar-refractivity contribution in [3.05, 3.63) is 28.2 Å². The number of aliphatic hydroxyl groups is 2. The molecule has 0 unspecified atom stereocenters. The molecule has 1 rings (SSSR count). The third kappa shape index (κ3) is 5.84. The number of hydrogen-bond donors (Lipinski definition) is 4. The minimum atomic E-state index is -0.908. The van der Waals surface area contributed by atoms with Crippen molar-refractivity contribution in [1.29, 1.82) is 0 Å². The van der Waals surface area contributed by atoms with Gasteiger partial charge in [-0.1, -0.05) is 0 Å². The first-order chi connectivity index (χ1) is 10.5. The summed E-state index contributed by atoms with van der Waals surface area (Å²) in [6.45, 7) is 1.17. The van der Waals surface area contributed by atoms with E-state index in [0.29, 0.717) is 38.3 Å². The molecule has 1 aromatic heterocycles. The number of aliphatic hydroxyl groups excluding tert-OH is 2. The van der Waals surface area contributed by atoms with Gasteiger partial charge in [-0.25, -0.2) is 0 Å². The van der Waals surface area contributed by atoms with Crippen molar-refractivity contribution in [2.75, 3.05) is 26.3 Å². The Morgan fingerprint density at radius 3 is 2.41 bits per heavy atom. The van der Waals surface area contributed by atoms with Crippen molar-refractivity contribution >= 4 is 5.97 Å². The van der Waals surface area contributed by atoms with Crippen LogP contribution in [0.15, 0.2) is 17.1 Å². The van der Waals surface area contributed by atoms with Gasteiger partial charge in [0.25, 0.3) is 0 Å². The molecule has 22 heavy (non-hydrogen) atoms. The normalized spacial score (nSPS) is 11.0. The van der Waals surface area contributed by atoms with E-state index in [1.165, 1.54) is 12.3 Å². The van der Waals surface area contributed by atoms with E-state index in [2.05, 4.69) is 0 Å². The standard InChI is InChI=1S/C14H22N2O6/c17-6-4-15(5-7-18)9-11-8-12(19)13(20)10-16(11)3-1-2-14(21)22/h8,10,17-18,20H,1-7,9H2,(H,21,22). The summed E-state index contributed by atoms with van der Waals surface area (Å²) in [7, 11) is 0. The van der Waals surface area contributed by atoms with Gasteiger partial charge in [0.1, 0.15) is 0 Å². The van der Waals surface area contributed by atoms with Crippen LogP contribution in [-0.4, -0.2) is 62.2 Å². The Labute approximate surface area is 127 Å². The number of carboxylic acid groups (broad SMARTS) is 1. The van der Waals surface area contributed by atoms with E-state index in [1.54, 1.807) is 9.47 Å². The molecule has 0 aliphatic carbocycles. The summed E-state index contributed by atoms with van der Waals surface area (Å²) in [4.78, 5) is 23.9. The highest BCUT2D eigenvalue weighted by Gasteiger charge is 2.11.